The summed E-state index contributed by atoms with van der Waals surface area (Å²) in [7, 11) is 0. The normalized spacial score (nSPS) is 17.5. The van der Waals surface area contributed by atoms with Gasteiger partial charge in [-0.3, -0.25) is 4.79 Å². The second-order valence-electron chi connectivity index (χ2n) is 7.52. The highest BCUT2D eigenvalue weighted by Gasteiger charge is 2.31. The van der Waals surface area contributed by atoms with Gasteiger partial charge in [0.1, 0.15) is 5.75 Å². The third-order valence-corrected chi connectivity index (χ3v) is 5.30. The van der Waals surface area contributed by atoms with Crippen LogP contribution < -0.4 is 20.3 Å². The molecule has 2 unspecified atom stereocenters. The van der Waals surface area contributed by atoms with Gasteiger partial charge in [-0.25, -0.2) is 4.79 Å². The van der Waals surface area contributed by atoms with Crippen molar-refractivity contribution >= 4 is 17.6 Å². The Morgan fingerprint density at radius 3 is 2.55 bits per heavy atom. The highest BCUT2D eigenvalue weighted by atomic mass is 16.5. The lowest BCUT2D eigenvalue weighted by atomic mass is 10.2. The number of nitrogens with zero attached hydrogens (tertiary/aromatic N) is 2. The van der Waals surface area contributed by atoms with Crippen molar-refractivity contribution in [2.24, 2.45) is 0 Å². The number of nitrogens with one attached hydrogen (secondary N) is 2. The maximum Gasteiger partial charge on any atom is 0.315 e. The largest absolute Gasteiger partial charge is 0.494 e. The average Bonchev–Trinajstić information content (AvgIpc) is 3.06. The van der Waals surface area contributed by atoms with Gasteiger partial charge in [0.05, 0.1) is 12.6 Å². The van der Waals surface area contributed by atoms with Gasteiger partial charge in [0.15, 0.2) is 0 Å². The molecular weight excluding hydrogens is 368 g/mol. The zero-order valence-corrected chi connectivity index (χ0v) is 18.2. The summed E-state index contributed by atoms with van der Waals surface area (Å²) in [6.45, 7) is 12.5. The lowest BCUT2D eigenvalue weighted by Crippen LogP contribution is -2.46. The molecule has 1 heterocycles. The van der Waals surface area contributed by atoms with E-state index in [4.69, 9.17) is 4.74 Å². The first kappa shape index (κ1) is 23.0. The first-order valence-electron chi connectivity index (χ1n) is 10.8. The number of carbonyl (C=O) groups is 2. The van der Waals surface area contributed by atoms with E-state index in [0.29, 0.717) is 19.6 Å². The summed E-state index contributed by atoms with van der Waals surface area (Å²) in [4.78, 5) is 28.8. The number of amides is 3. The Bertz CT molecular complexity index is 646. The van der Waals surface area contributed by atoms with Crippen molar-refractivity contribution in [1.29, 1.82) is 0 Å². The van der Waals surface area contributed by atoms with Gasteiger partial charge in [-0.1, -0.05) is 13.8 Å². The summed E-state index contributed by atoms with van der Waals surface area (Å²) in [5.41, 5.74) is 0.827. The Morgan fingerprint density at radius 2 is 1.93 bits per heavy atom. The topological polar surface area (TPSA) is 73.9 Å². The monoisotopic (exact) mass is 404 g/mol. The molecule has 0 spiro atoms. The van der Waals surface area contributed by atoms with Crippen LogP contribution in [-0.2, 0) is 4.79 Å². The fourth-order valence-electron chi connectivity index (χ4n) is 3.63. The third-order valence-electron chi connectivity index (χ3n) is 5.30. The highest BCUT2D eigenvalue weighted by Crippen LogP contribution is 2.24. The van der Waals surface area contributed by atoms with Crippen molar-refractivity contribution in [2.45, 2.75) is 59.0 Å². The number of anilines is 1. The molecule has 1 aliphatic rings. The number of rotatable bonds is 11. The lowest BCUT2D eigenvalue weighted by Gasteiger charge is -2.21. The summed E-state index contributed by atoms with van der Waals surface area (Å²) in [5, 5.41) is 5.94. The summed E-state index contributed by atoms with van der Waals surface area (Å²) < 4.78 is 5.44. The van der Waals surface area contributed by atoms with Crippen LogP contribution in [-0.4, -0.2) is 61.7 Å². The first-order chi connectivity index (χ1) is 14.0. The molecule has 1 fully saturated rings. The van der Waals surface area contributed by atoms with Crippen LogP contribution in [0.1, 0.15) is 47.0 Å². The van der Waals surface area contributed by atoms with Gasteiger partial charge < -0.3 is 25.2 Å². The van der Waals surface area contributed by atoms with Gasteiger partial charge in [-0.05, 0) is 70.6 Å². The molecule has 0 radical (unpaired) electrons. The van der Waals surface area contributed by atoms with E-state index in [-0.39, 0.29) is 24.0 Å². The van der Waals surface area contributed by atoms with Gasteiger partial charge >= 0.3 is 6.03 Å². The smallest absolute Gasteiger partial charge is 0.315 e. The van der Waals surface area contributed by atoms with Crippen molar-refractivity contribution in [2.75, 3.05) is 37.7 Å². The van der Waals surface area contributed by atoms with Crippen LogP contribution in [0.4, 0.5) is 10.5 Å². The molecule has 7 nitrogen and oxygen atoms in total. The van der Waals surface area contributed by atoms with Crippen molar-refractivity contribution in [3.8, 4) is 5.75 Å². The first-order valence-corrected chi connectivity index (χ1v) is 10.8. The molecular formula is C22H36N4O3. The summed E-state index contributed by atoms with van der Waals surface area (Å²) in [6.07, 6.45) is 2.30. The maximum absolute atomic E-state index is 12.4. The predicted octanol–water partition coefficient (Wildman–Crippen LogP) is 3.00. The minimum atomic E-state index is -0.202. The molecule has 2 atom stereocenters. The zero-order valence-electron chi connectivity index (χ0n) is 18.2. The summed E-state index contributed by atoms with van der Waals surface area (Å²) in [6, 6.07) is 7.19. The van der Waals surface area contributed by atoms with Crippen LogP contribution in [0.15, 0.2) is 24.3 Å². The molecule has 7 heteroatoms. The Balaban J connectivity index is 1.76. The second kappa shape index (κ2) is 11.7. The minimum Gasteiger partial charge on any atom is -0.494 e. The number of ether oxygens (including phenoxy) is 1. The SMILES string of the molecule is CCOc1ccc(N2CC(NC(=O)NC(C)CCCN(CC)CC)CC2=O)cc1. The molecule has 1 aromatic carbocycles. The molecule has 0 saturated carbocycles. The van der Waals surface area contributed by atoms with E-state index in [1.165, 1.54) is 0 Å². The van der Waals surface area contributed by atoms with Crippen LogP contribution in [0.3, 0.4) is 0 Å². The Labute approximate surface area is 174 Å². The number of benzene rings is 1. The molecule has 1 aromatic rings. The van der Waals surface area contributed by atoms with Gasteiger partial charge in [-0.2, -0.15) is 0 Å². The molecule has 0 bridgehead atoms. The van der Waals surface area contributed by atoms with Crippen molar-refractivity contribution < 1.29 is 14.3 Å². The zero-order chi connectivity index (χ0) is 21.2. The Morgan fingerprint density at radius 1 is 1.24 bits per heavy atom. The summed E-state index contributed by atoms with van der Waals surface area (Å²) in [5.74, 6) is 0.804. The number of hydrogen-bond acceptors (Lipinski definition) is 4. The molecule has 29 heavy (non-hydrogen) atoms. The molecule has 0 aromatic heterocycles. The van der Waals surface area contributed by atoms with Crippen molar-refractivity contribution in [3.63, 3.8) is 0 Å². The van der Waals surface area contributed by atoms with Crippen LogP contribution >= 0.6 is 0 Å². The number of carbonyl (C=O) groups excluding carboxylic acids is 2. The number of hydrogen-bond donors (Lipinski definition) is 2. The van der Waals surface area contributed by atoms with Crippen LogP contribution in [0.25, 0.3) is 0 Å². The number of urea groups is 1. The van der Waals surface area contributed by atoms with Crippen molar-refractivity contribution in [1.82, 2.24) is 15.5 Å². The maximum atomic E-state index is 12.4. The van der Waals surface area contributed by atoms with E-state index >= 15 is 0 Å². The molecule has 1 aliphatic heterocycles. The quantitative estimate of drug-likeness (QED) is 0.595. The van der Waals surface area contributed by atoms with E-state index in [0.717, 1.165) is 43.9 Å². The van der Waals surface area contributed by atoms with Gasteiger partial charge in [0.2, 0.25) is 5.91 Å². The molecule has 2 N–H and O–H groups in total. The standard InChI is InChI=1S/C22H36N4O3/c1-5-25(6-2)14-8-9-17(4)23-22(28)24-18-15-21(27)26(16-18)19-10-12-20(13-11-19)29-7-3/h10-13,17-18H,5-9,14-16H2,1-4H3,(H2,23,24,28). The molecule has 3 amide bonds. The second-order valence-corrected chi connectivity index (χ2v) is 7.52. The van der Waals surface area contributed by atoms with Gasteiger partial charge in [-0.15, -0.1) is 0 Å². The van der Waals surface area contributed by atoms with E-state index in [9.17, 15) is 9.59 Å². The molecule has 2 rings (SSSR count). The molecule has 162 valence electrons. The van der Waals surface area contributed by atoms with Crippen molar-refractivity contribution in [3.05, 3.63) is 24.3 Å². The predicted molar refractivity (Wildman–Crippen MR) is 117 cm³/mol. The fraction of sp³-hybridized carbons (Fsp3) is 0.636. The lowest BCUT2D eigenvalue weighted by molar-refractivity contribution is -0.117. The Hall–Kier alpha value is -2.28. The summed E-state index contributed by atoms with van der Waals surface area (Å²) >= 11 is 0. The molecule has 0 aliphatic carbocycles. The van der Waals surface area contributed by atoms with Crippen LogP contribution in [0.2, 0.25) is 0 Å². The fourth-order valence-corrected chi connectivity index (χ4v) is 3.63. The highest BCUT2D eigenvalue weighted by molar-refractivity contribution is 5.96. The van der Waals surface area contributed by atoms with Gasteiger partial charge in [0.25, 0.3) is 0 Å². The van der Waals surface area contributed by atoms with E-state index in [2.05, 4.69) is 29.4 Å². The average molecular weight is 405 g/mol. The van der Waals surface area contributed by atoms with E-state index in [1.54, 1.807) is 4.90 Å². The van der Waals surface area contributed by atoms with Crippen LogP contribution in [0, 0.1) is 0 Å². The minimum absolute atomic E-state index is 0.0201. The molecule has 1 saturated heterocycles. The van der Waals surface area contributed by atoms with E-state index < -0.39 is 0 Å². The van der Waals surface area contributed by atoms with Crippen LogP contribution in [0.5, 0.6) is 5.75 Å². The third kappa shape index (κ3) is 7.24. The van der Waals surface area contributed by atoms with E-state index in [1.807, 2.05) is 38.1 Å². The Kier molecular flexibility index (Phi) is 9.25. The van der Waals surface area contributed by atoms with Gasteiger partial charge in [0, 0.05) is 24.7 Å².